The van der Waals surface area contributed by atoms with E-state index >= 15 is 0 Å². The number of halogens is 3. The van der Waals surface area contributed by atoms with Gasteiger partial charge in [-0.25, -0.2) is 0 Å². The zero-order valence-electron chi connectivity index (χ0n) is 20.6. The topological polar surface area (TPSA) is 46.6 Å². The van der Waals surface area contributed by atoms with E-state index < -0.39 is 21.3 Å². The summed E-state index contributed by atoms with van der Waals surface area (Å²) in [5.41, 5.74) is 1.43. The van der Waals surface area contributed by atoms with E-state index in [1.807, 2.05) is 23.1 Å². The van der Waals surface area contributed by atoms with Crippen molar-refractivity contribution in [2.24, 2.45) is 5.92 Å². The van der Waals surface area contributed by atoms with E-state index in [0.29, 0.717) is 24.5 Å². The minimum atomic E-state index is -4.40. The number of amides is 1. The number of carbonyl (C=O) groups excluding carboxylic acids is 1. The highest BCUT2D eigenvalue weighted by molar-refractivity contribution is 7.99. The molecular weight excluding hydrogens is 475 g/mol. The molecule has 8 heteroatoms. The molecule has 2 aromatic carbocycles. The predicted octanol–water partition coefficient (Wildman–Crippen LogP) is 6.49. The third-order valence-electron chi connectivity index (χ3n) is 6.51. The van der Waals surface area contributed by atoms with Crippen LogP contribution < -0.4 is 4.74 Å². The van der Waals surface area contributed by atoms with Crippen molar-refractivity contribution in [3.05, 3.63) is 59.2 Å². The lowest BCUT2D eigenvalue weighted by Gasteiger charge is -2.42. The summed E-state index contributed by atoms with van der Waals surface area (Å²) in [5.74, 6) is 4.97. The molecular formula is C27H34F3NO3S. The van der Waals surface area contributed by atoms with Crippen LogP contribution in [0, 0.1) is 5.92 Å². The molecule has 0 fully saturated rings. The first-order valence-corrected chi connectivity index (χ1v) is 14.3. The Balaban J connectivity index is 1.92. The normalized spacial score (nSPS) is 18.5. The minimum absolute atomic E-state index is 0.0255. The molecule has 0 bridgehead atoms. The number of benzene rings is 2. The van der Waals surface area contributed by atoms with Crippen molar-refractivity contribution in [2.45, 2.75) is 58.2 Å². The summed E-state index contributed by atoms with van der Waals surface area (Å²) in [5, 5.41) is 0. The van der Waals surface area contributed by atoms with Crippen molar-refractivity contribution >= 4 is 21.3 Å². The molecule has 1 aliphatic rings. The average Bonchev–Trinajstić information content (AvgIpc) is 2.79. The van der Waals surface area contributed by atoms with Crippen molar-refractivity contribution in [1.82, 2.24) is 4.90 Å². The average molecular weight is 510 g/mol. The highest BCUT2D eigenvalue weighted by atomic mass is 32.2. The summed E-state index contributed by atoms with van der Waals surface area (Å²) in [7, 11) is -2.26. The first-order valence-electron chi connectivity index (χ1n) is 12.0. The molecule has 0 N–H and O–H groups in total. The number of hydrogen-bond acceptors (Lipinski definition) is 3. The summed E-state index contributed by atoms with van der Waals surface area (Å²) in [6.07, 6.45) is 0.887. The Kier molecular flexibility index (Phi) is 8.57. The zero-order valence-corrected chi connectivity index (χ0v) is 21.4. The minimum Gasteiger partial charge on any atom is -0.457 e. The maximum atomic E-state index is 13.2. The molecule has 0 spiro atoms. The van der Waals surface area contributed by atoms with Gasteiger partial charge < -0.3 is 9.64 Å². The van der Waals surface area contributed by atoms with Crippen LogP contribution in [0.5, 0.6) is 11.5 Å². The molecule has 0 saturated carbocycles. The summed E-state index contributed by atoms with van der Waals surface area (Å²) in [4.78, 5) is 15.1. The SMILES string of the molecule is C=S(C)(=O)CCC(=O)N1CCc2ccc(Oc3ccc(C(F)(F)F)cc3)cc2C1C(CC)CCC. The van der Waals surface area contributed by atoms with Crippen LogP contribution in [0.3, 0.4) is 0 Å². The van der Waals surface area contributed by atoms with Gasteiger partial charge in [-0.15, -0.1) is 0 Å². The zero-order chi connectivity index (χ0) is 25.8. The van der Waals surface area contributed by atoms with Gasteiger partial charge in [0, 0.05) is 25.0 Å². The van der Waals surface area contributed by atoms with E-state index in [-0.39, 0.29) is 30.0 Å². The Labute approximate surface area is 206 Å². The summed E-state index contributed by atoms with van der Waals surface area (Å²) in [6, 6.07) is 10.2. The first kappa shape index (κ1) is 27.1. The standard InChI is InChI=1S/C27H34F3NO3S/c1-5-7-19(6-2)26-24-18-23(34-22-12-9-21(10-13-22)27(28,29)30)11-8-20(24)14-16-31(26)25(32)15-17-35(3,4)33/h8-13,18-19,26H,3,5-7,14-17H2,1-2,4H3. The summed E-state index contributed by atoms with van der Waals surface area (Å²) >= 11 is 0. The van der Waals surface area contributed by atoms with Gasteiger partial charge >= 0.3 is 6.18 Å². The monoisotopic (exact) mass is 509 g/mol. The number of rotatable bonds is 9. The fraction of sp³-hybridized carbons (Fsp3) is 0.481. The molecule has 3 rings (SSSR count). The van der Waals surface area contributed by atoms with Crippen LogP contribution in [0.1, 0.15) is 62.3 Å². The van der Waals surface area contributed by atoms with Crippen molar-refractivity contribution in [2.75, 3.05) is 18.6 Å². The largest absolute Gasteiger partial charge is 0.457 e. The number of carbonyl (C=O) groups is 1. The maximum Gasteiger partial charge on any atom is 0.416 e. The van der Waals surface area contributed by atoms with Gasteiger partial charge in [0.15, 0.2) is 0 Å². The van der Waals surface area contributed by atoms with Gasteiger partial charge in [-0.1, -0.05) is 32.8 Å². The van der Waals surface area contributed by atoms with Crippen LogP contribution in [-0.4, -0.2) is 39.4 Å². The van der Waals surface area contributed by atoms with Gasteiger partial charge in [-0.3, -0.25) is 9.00 Å². The predicted molar refractivity (Wildman–Crippen MR) is 135 cm³/mol. The maximum absolute atomic E-state index is 13.2. The Hall–Kier alpha value is -2.48. The molecule has 4 nitrogen and oxygen atoms in total. The van der Waals surface area contributed by atoms with Crippen molar-refractivity contribution in [3.8, 4) is 11.5 Å². The number of fused-ring (bicyclic) bond motifs is 1. The van der Waals surface area contributed by atoms with Crippen molar-refractivity contribution in [1.29, 1.82) is 0 Å². The Bertz CT molecular complexity index is 1130. The van der Waals surface area contributed by atoms with Gasteiger partial charge in [0.25, 0.3) is 0 Å². The molecule has 1 heterocycles. The first-order chi connectivity index (χ1) is 16.4. The highest BCUT2D eigenvalue weighted by Gasteiger charge is 2.35. The van der Waals surface area contributed by atoms with Gasteiger partial charge in [0.2, 0.25) is 5.91 Å². The molecule has 192 valence electrons. The quantitative estimate of drug-likeness (QED) is 0.363. The fourth-order valence-electron chi connectivity index (χ4n) is 4.73. The lowest BCUT2D eigenvalue weighted by molar-refractivity contribution is -0.137. The molecule has 0 aliphatic carbocycles. The van der Waals surface area contributed by atoms with Gasteiger partial charge in [-0.05, 0) is 81.7 Å². The van der Waals surface area contributed by atoms with Gasteiger partial charge in [-0.2, -0.15) is 13.2 Å². The van der Waals surface area contributed by atoms with Crippen LogP contribution >= 0.6 is 0 Å². The lowest BCUT2D eigenvalue weighted by atomic mass is 9.81. The number of ether oxygens (including phenoxy) is 1. The number of alkyl halides is 3. The van der Waals surface area contributed by atoms with Crippen LogP contribution in [0.2, 0.25) is 0 Å². The number of nitrogens with zero attached hydrogens (tertiary/aromatic N) is 1. The summed E-state index contributed by atoms with van der Waals surface area (Å²) < 4.78 is 56.6. The molecule has 3 atom stereocenters. The van der Waals surface area contributed by atoms with Crippen molar-refractivity contribution < 1.29 is 26.9 Å². The third-order valence-corrected chi connectivity index (χ3v) is 7.58. The van der Waals surface area contributed by atoms with E-state index in [4.69, 9.17) is 4.74 Å². The van der Waals surface area contributed by atoms with E-state index in [1.165, 1.54) is 12.1 Å². The molecule has 3 unspecified atom stereocenters. The second kappa shape index (κ2) is 11.1. The molecule has 0 radical (unpaired) electrons. The van der Waals surface area contributed by atoms with Gasteiger partial charge in [0.05, 0.1) is 11.6 Å². The summed E-state index contributed by atoms with van der Waals surface area (Å²) in [6.45, 7) is 4.84. The molecule has 2 aromatic rings. The van der Waals surface area contributed by atoms with Gasteiger partial charge in [0.1, 0.15) is 11.5 Å². The molecule has 1 aliphatic heterocycles. The second-order valence-electron chi connectivity index (χ2n) is 9.36. The Morgan fingerprint density at radius 3 is 2.40 bits per heavy atom. The van der Waals surface area contributed by atoms with Crippen molar-refractivity contribution in [3.63, 3.8) is 0 Å². The third kappa shape index (κ3) is 7.03. The Morgan fingerprint density at radius 1 is 1.17 bits per heavy atom. The van der Waals surface area contributed by atoms with E-state index in [1.54, 1.807) is 6.26 Å². The fourth-order valence-corrected chi connectivity index (χ4v) is 5.33. The Morgan fingerprint density at radius 2 is 1.83 bits per heavy atom. The molecule has 35 heavy (non-hydrogen) atoms. The molecule has 1 amide bonds. The highest BCUT2D eigenvalue weighted by Crippen LogP contribution is 2.41. The number of hydrogen-bond donors (Lipinski definition) is 0. The van der Waals surface area contributed by atoms with E-state index in [2.05, 4.69) is 19.7 Å². The van der Waals surface area contributed by atoms with Crippen LogP contribution in [0.15, 0.2) is 42.5 Å². The smallest absolute Gasteiger partial charge is 0.416 e. The van der Waals surface area contributed by atoms with Crippen LogP contribution in [0.25, 0.3) is 0 Å². The molecule has 0 saturated heterocycles. The van der Waals surface area contributed by atoms with Crippen LogP contribution in [0.4, 0.5) is 13.2 Å². The van der Waals surface area contributed by atoms with Crippen LogP contribution in [-0.2, 0) is 26.9 Å². The van der Waals surface area contributed by atoms with E-state index in [9.17, 15) is 22.2 Å². The molecule has 0 aromatic heterocycles. The lowest BCUT2D eigenvalue weighted by Crippen LogP contribution is -2.43. The second-order valence-corrected chi connectivity index (χ2v) is 12.1. The van der Waals surface area contributed by atoms with E-state index in [0.717, 1.165) is 42.5 Å².